The lowest BCUT2D eigenvalue weighted by Gasteiger charge is -2.04. The van der Waals surface area contributed by atoms with Gasteiger partial charge in [-0.15, -0.1) is 0 Å². The van der Waals surface area contributed by atoms with E-state index in [-0.39, 0.29) is 22.0 Å². The van der Waals surface area contributed by atoms with Crippen LogP contribution in [0.2, 0.25) is 0 Å². The van der Waals surface area contributed by atoms with Crippen molar-refractivity contribution in [3.05, 3.63) is 54.1 Å². The lowest BCUT2D eigenvalue weighted by Crippen LogP contribution is -2.09. The average molecular weight is 278 g/mol. The summed E-state index contributed by atoms with van der Waals surface area (Å²) in [6, 6.07) is 6.79. The largest absolute Gasteiger partial charge is 0.478 e. The maximum Gasteiger partial charge on any atom is 0.335 e. The first kappa shape index (κ1) is 13.2. The Kier molecular flexibility index (Phi) is 3.57. The van der Waals surface area contributed by atoms with Crippen LogP contribution in [0.1, 0.15) is 16.2 Å². The number of aromatic nitrogens is 2. The number of sulfone groups is 1. The maximum absolute atomic E-state index is 12.1. The quantitative estimate of drug-likeness (QED) is 0.901. The molecule has 1 aromatic heterocycles. The molecule has 0 saturated carbocycles. The van der Waals surface area contributed by atoms with Crippen LogP contribution in [0.15, 0.2) is 47.6 Å². The summed E-state index contributed by atoms with van der Waals surface area (Å²) >= 11 is 0. The Labute approximate surface area is 109 Å². The fraction of sp³-hybridized carbons (Fsp3) is 0.0833. The van der Waals surface area contributed by atoms with E-state index in [0.29, 0.717) is 0 Å². The molecule has 7 heteroatoms. The van der Waals surface area contributed by atoms with Gasteiger partial charge in [-0.2, -0.15) is 0 Å². The van der Waals surface area contributed by atoms with Crippen molar-refractivity contribution in [3.63, 3.8) is 0 Å². The Morgan fingerprint density at radius 2 is 1.84 bits per heavy atom. The van der Waals surface area contributed by atoms with Gasteiger partial charge in [0, 0.05) is 12.4 Å². The van der Waals surface area contributed by atoms with Crippen molar-refractivity contribution < 1.29 is 18.3 Å². The number of nitrogens with zero attached hydrogens (tertiary/aromatic N) is 2. The molecule has 0 aliphatic heterocycles. The van der Waals surface area contributed by atoms with Crippen molar-refractivity contribution in [1.29, 1.82) is 0 Å². The van der Waals surface area contributed by atoms with E-state index in [1.165, 1.54) is 30.6 Å². The Bertz CT molecular complexity index is 699. The van der Waals surface area contributed by atoms with Crippen LogP contribution in [-0.2, 0) is 15.6 Å². The van der Waals surface area contributed by atoms with Crippen LogP contribution in [0.3, 0.4) is 0 Å². The number of carbonyl (C=O) groups is 1. The Hall–Kier alpha value is -2.28. The van der Waals surface area contributed by atoms with Crippen LogP contribution in [0.4, 0.5) is 0 Å². The third kappa shape index (κ3) is 3.14. The second kappa shape index (κ2) is 5.15. The molecule has 0 aliphatic carbocycles. The highest BCUT2D eigenvalue weighted by Crippen LogP contribution is 2.16. The van der Waals surface area contributed by atoms with Crippen LogP contribution >= 0.6 is 0 Å². The van der Waals surface area contributed by atoms with E-state index in [9.17, 15) is 13.2 Å². The number of benzene rings is 1. The molecule has 0 radical (unpaired) electrons. The zero-order valence-corrected chi connectivity index (χ0v) is 10.5. The number of rotatable bonds is 4. The van der Waals surface area contributed by atoms with Gasteiger partial charge in [-0.1, -0.05) is 6.07 Å². The zero-order valence-electron chi connectivity index (χ0n) is 9.72. The molecule has 0 spiro atoms. The van der Waals surface area contributed by atoms with Crippen LogP contribution in [-0.4, -0.2) is 29.5 Å². The molecule has 0 amide bonds. The SMILES string of the molecule is O=C(O)c1cccc(S(=O)(=O)Cc2ncccn2)c1. The summed E-state index contributed by atoms with van der Waals surface area (Å²) in [4.78, 5) is 18.4. The molecule has 19 heavy (non-hydrogen) atoms. The van der Waals surface area contributed by atoms with Crippen molar-refractivity contribution in [3.8, 4) is 0 Å². The fourth-order valence-electron chi connectivity index (χ4n) is 1.48. The highest BCUT2D eigenvalue weighted by molar-refractivity contribution is 7.90. The van der Waals surface area contributed by atoms with E-state index < -0.39 is 15.8 Å². The minimum atomic E-state index is -3.66. The number of carboxylic acid groups (broad SMARTS) is 1. The molecule has 1 heterocycles. The summed E-state index contributed by atoms with van der Waals surface area (Å²) < 4.78 is 24.2. The Morgan fingerprint density at radius 1 is 1.16 bits per heavy atom. The third-order valence-corrected chi connectivity index (χ3v) is 3.99. The maximum atomic E-state index is 12.1. The van der Waals surface area contributed by atoms with Gasteiger partial charge >= 0.3 is 5.97 Å². The monoisotopic (exact) mass is 278 g/mol. The molecule has 1 aromatic carbocycles. The lowest BCUT2D eigenvalue weighted by atomic mass is 10.2. The summed E-state index contributed by atoms with van der Waals surface area (Å²) in [5.41, 5.74) is -0.0740. The second-order valence-corrected chi connectivity index (χ2v) is 5.75. The lowest BCUT2D eigenvalue weighted by molar-refractivity contribution is 0.0696. The van der Waals surface area contributed by atoms with Gasteiger partial charge in [0.15, 0.2) is 9.84 Å². The van der Waals surface area contributed by atoms with Gasteiger partial charge in [-0.25, -0.2) is 23.2 Å². The highest BCUT2D eigenvalue weighted by atomic mass is 32.2. The van der Waals surface area contributed by atoms with Crippen LogP contribution < -0.4 is 0 Å². The van der Waals surface area contributed by atoms with Gasteiger partial charge in [0.25, 0.3) is 0 Å². The van der Waals surface area contributed by atoms with Crippen molar-refractivity contribution in [1.82, 2.24) is 9.97 Å². The predicted molar refractivity (Wildman–Crippen MR) is 66.3 cm³/mol. The van der Waals surface area contributed by atoms with Crippen LogP contribution in [0, 0.1) is 0 Å². The second-order valence-electron chi connectivity index (χ2n) is 3.76. The first-order chi connectivity index (χ1) is 8.99. The molecule has 0 unspecified atom stereocenters. The fourth-order valence-corrected chi connectivity index (χ4v) is 2.73. The first-order valence-corrected chi connectivity index (χ1v) is 6.96. The molecule has 0 bridgehead atoms. The smallest absolute Gasteiger partial charge is 0.335 e. The van der Waals surface area contributed by atoms with E-state index in [1.807, 2.05) is 0 Å². The molecule has 0 atom stereocenters. The molecule has 98 valence electrons. The van der Waals surface area contributed by atoms with Gasteiger partial charge in [-0.05, 0) is 24.3 Å². The third-order valence-electron chi connectivity index (χ3n) is 2.38. The molecular weight excluding hydrogens is 268 g/mol. The Balaban J connectivity index is 2.35. The van der Waals surface area contributed by atoms with Gasteiger partial charge in [0.05, 0.1) is 10.5 Å². The minimum Gasteiger partial charge on any atom is -0.478 e. The highest BCUT2D eigenvalue weighted by Gasteiger charge is 2.18. The minimum absolute atomic E-state index is 0.0557. The molecule has 1 N–H and O–H groups in total. The van der Waals surface area contributed by atoms with Crippen molar-refractivity contribution in [2.45, 2.75) is 10.6 Å². The molecule has 6 nitrogen and oxygen atoms in total. The predicted octanol–water partition coefficient (Wildman–Crippen LogP) is 1.15. The summed E-state index contributed by atoms with van der Waals surface area (Å²) in [5.74, 6) is -1.37. The topological polar surface area (TPSA) is 97.2 Å². The zero-order chi connectivity index (χ0) is 13.9. The van der Waals surface area contributed by atoms with Gasteiger partial charge in [0.2, 0.25) is 0 Å². The molecule has 2 rings (SSSR count). The Morgan fingerprint density at radius 3 is 2.47 bits per heavy atom. The number of carboxylic acids is 1. The normalized spacial score (nSPS) is 11.2. The molecule has 2 aromatic rings. The van der Waals surface area contributed by atoms with E-state index in [4.69, 9.17) is 5.11 Å². The van der Waals surface area contributed by atoms with E-state index >= 15 is 0 Å². The van der Waals surface area contributed by atoms with Crippen molar-refractivity contribution in [2.75, 3.05) is 0 Å². The summed E-state index contributed by atoms with van der Waals surface area (Å²) in [6.07, 6.45) is 2.90. The summed E-state index contributed by atoms with van der Waals surface area (Å²) in [6.45, 7) is 0. The van der Waals surface area contributed by atoms with Crippen LogP contribution in [0.5, 0.6) is 0 Å². The van der Waals surface area contributed by atoms with Gasteiger partial charge < -0.3 is 5.11 Å². The van der Waals surface area contributed by atoms with Crippen molar-refractivity contribution in [2.24, 2.45) is 0 Å². The first-order valence-electron chi connectivity index (χ1n) is 5.31. The van der Waals surface area contributed by atoms with Crippen LogP contribution in [0.25, 0.3) is 0 Å². The number of hydrogen-bond donors (Lipinski definition) is 1. The summed E-state index contributed by atoms with van der Waals surface area (Å²) in [7, 11) is -3.66. The van der Waals surface area contributed by atoms with E-state index in [2.05, 4.69) is 9.97 Å². The molecule has 0 fully saturated rings. The van der Waals surface area contributed by atoms with E-state index in [1.54, 1.807) is 6.07 Å². The van der Waals surface area contributed by atoms with Gasteiger partial charge in [-0.3, -0.25) is 0 Å². The molecule has 0 saturated heterocycles. The van der Waals surface area contributed by atoms with E-state index in [0.717, 1.165) is 6.07 Å². The number of aromatic carboxylic acids is 1. The summed E-state index contributed by atoms with van der Waals surface area (Å²) in [5, 5.41) is 8.85. The number of hydrogen-bond acceptors (Lipinski definition) is 5. The molecule has 0 aliphatic rings. The van der Waals surface area contributed by atoms with Gasteiger partial charge in [0.1, 0.15) is 11.6 Å². The molecular formula is C12H10N2O4S. The standard InChI is InChI=1S/C12H10N2O4S/c15-12(16)9-3-1-4-10(7-9)19(17,18)8-11-13-5-2-6-14-11/h1-7H,8H2,(H,15,16). The average Bonchev–Trinajstić information content (AvgIpc) is 2.39. The van der Waals surface area contributed by atoms with Crippen molar-refractivity contribution >= 4 is 15.8 Å².